The third-order valence-corrected chi connectivity index (χ3v) is 2.36. The van der Waals surface area contributed by atoms with Gasteiger partial charge in [-0.2, -0.15) is 5.10 Å². The molecule has 2 heterocycles. The summed E-state index contributed by atoms with van der Waals surface area (Å²) in [6.45, 7) is 0.311. The van der Waals surface area contributed by atoms with E-state index >= 15 is 0 Å². The Labute approximate surface area is 108 Å². The smallest absolute Gasteiger partial charge is 0.356 e. The van der Waals surface area contributed by atoms with Crippen LogP contribution in [-0.4, -0.2) is 31.7 Å². The van der Waals surface area contributed by atoms with E-state index in [1.807, 2.05) is 0 Å². The Hall–Kier alpha value is -2.70. The zero-order chi connectivity index (χ0) is 13.7. The maximum absolute atomic E-state index is 11.6. The van der Waals surface area contributed by atoms with Crippen LogP contribution in [0.1, 0.15) is 16.9 Å². The Morgan fingerprint density at radius 1 is 1.32 bits per heavy atom. The first kappa shape index (κ1) is 12.7. The Bertz CT molecular complexity index is 580. The molecule has 98 valence electrons. The second-order valence-electron chi connectivity index (χ2n) is 3.78. The van der Waals surface area contributed by atoms with E-state index in [9.17, 15) is 9.59 Å². The van der Waals surface area contributed by atoms with Crippen LogP contribution in [0.2, 0.25) is 0 Å². The van der Waals surface area contributed by atoms with Gasteiger partial charge in [-0.25, -0.2) is 9.78 Å². The largest absolute Gasteiger partial charge is 0.476 e. The predicted octanol–water partition coefficient (Wildman–Crippen LogP) is 1.01. The van der Waals surface area contributed by atoms with Crippen molar-refractivity contribution in [2.24, 2.45) is 0 Å². The lowest BCUT2D eigenvalue weighted by molar-refractivity contribution is -0.116. The first-order valence-electron chi connectivity index (χ1n) is 5.63. The van der Waals surface area contributed by atoms with Crippen molar-refractivity contribution in [3.63, 3.8) is 0 Å². The molecule has 0 radical (unpaired) electrons. The van der Waals surface area contributed by atoms with Gasteiger partial charge in [0.15, 0.2) is 5.69 Å². The van der Waals surface area contributed by atoms with Gasteiger partial charge in [0.05, 0.1) is 0 Å². The molecule has 19 heavy (non-hydrogen) atoms. The fourth-order valence-electron chi connectivity index (χ4n) is 1.46. The fraction of sp³-hybridized carbons (Fsp3) is 0.167. The minimum atomic E-state index is -1.09. The predicted molar refractivity (Wildman–Crippen MR) is 66.7 cm³/mol. The second kappa shape index (κ2) is 5.76. The zero-order valence-electron chi connectivity index (χ0n) is 9.98. The molecule has 0 atom stereocenters. The number of pyridine rings is 1. The number of nitrogens with one attached hydrogen (secondary N) is 1. The quantitative estimate of drug-likeness (QED) is 0.836. The number of carboxylic acid groups (broad SMARTS) is 1. The molecular formula is C12H12N4O3. The summed E-state index contributed by atoms with van der Waals surface area (Å²) in [6.07, 6.45) is 3.30. The van der Waals surface area contributed by atoms with E-state index in [1.165, 1.54) is 16.9 Å². The van der Waals surface area contributed by atoms with Crippen LogP contribution in [0.15, 0.2) is 36.7 Å². The van der Waals surface area contributed by atoms with Crippen LogP contribution in [-0.2, 0) is 11.3 Å². The highest BCUT2D eigenvalue weighted by atomic mass is 16.4. The molecule has 0 aliphatic rings. The van der Waals surface area contributed by atoms with Crippen LogP contribution in [0.3, 0.4) is 0 Å². The highest BCUT2D eigenvalue weighted by Gasteiger charge is 2.08. The summed E-state index contributed by atoms with van der Waals surface area (Å²) in [6, 6.07) is 6.61. The number of carboxylic acids is 1. The van der Waals surface area contributed by atoms with E-state index in [-0.39, 0.29) is 18.0 Å². The highest BCUT2D eigenvalue weighted by molar-refractivity contribution is 5.89. The average Bonchev–Trinajstić information content (AvgIpc) is 2.86. The maximum atomic E-state index is 11.6. The summed E-state index contributed by atoms with van der Waals surface area (Å²) in [4.78, 5) is 26.2. The van der Waals surface area contributed by atoms with Crippen molar-refractivity contribution in [3.05, 3.63) is 42.4 Å². The first-order chi connectivity index (χ1) is 9.15. The van der Waals surface area contributed by atoms with Gasteiger partial charge < -0.3 is 10.4 Å². The van der Waals surface area contributed by atoms with Crippen molar-refractivity contribution in [1.29, 1.82) is 0 Å². The van der Waals surface area contributed by atoms with E-state index in [0.717, 1.165) is 0 Å². The lowest BCUT2D eigenvalue weighted by Gasteiger charge is -2.04. The molecule has 0 saturated carbocycles. The number of aryl methyl sites for hydroxylation is 1. The lowest BCUT2D eigenvalue weighted by Crippen LogP contribution is -2.15. The molecule has 2 rings (SSSR count). The number of aromatic carboxylic acids is 1. The third kappa shape index (κ3) is 3.63. The van der Waals surface area contributed by atoms with Crippen LogP contribution in [0.4, 0.5) is 5.82 Å². The van der Waals surface area contributed by atoms with Crippen LogP contribution in [0.5, 0.6) is 0 Å². The molecule has 2 aromatic rings. The van der Waals surface area contributed by atoms with Gasteiger partial charge in [-0.3, -0.25) is 9.48 Å². The molecule has 0 spiro atoms. The highest BCUT2D eigenvalue weighted by Crippen LogP contribution is 2.02. The fourth-order valence-corrected chi connectivity index (χ4v) is 1.46. The molecule has 2 N–H and O–H groups in total. The number of carbonyl (C=O) groups excluding carboxylic acids is 1. The third-order valence-electron chi connectivity index (χ3n) is 2.36. The average molecular weight is 260 g/mol. The standard InChI is InChI=1S/C12H12N4O3/c17-11(14-10-3-1-2-6-13-10)5-8-16-7-4-9(15-16)12(18)19/h1-4,6-7H,5,8H2,(H,18,19)(H,13,14,17). The minimum Gasteiger partial charge on any atom is -0.476 e. The van der Waals surface area contributed by atoms with Crippen LogP contribution in [0.25, 0.3) is 0 Å². The molecule has 1 amide bonds. The molecule has 7 heteroatoms. The molecule has 0 fully saturated rings. The lowest BCUT2D eigenvalue weighted by atomic mass is 10.4. The summed E-state index contributed by atoms with van der Waals surface area (Å²) >= 11 is 0. The molecule has 0 saturated heterocycles. The Balaban J connectivity index is 1.84. The van der Waals surface area contributed by atoms with Crippen molar-refractivity contribution in [2.75, 3.05) is 5.32 Å². The van der Waals surface area contributed by atoms with Crippen molar-refractivity contribution in [2.45, 2.75) is 13.0 Å². The van der Waals surface area contributed by atoms with E-state index in [4.69, 9.17) is 5.11 Å². The van der Waals surface area contributed by atoms with Gasteiger partial charge >= 0.3 is 5.97 Å². The maximum Gasteiger partial charge on any atom is 0.356 e. The van der Waals surface area contributed by atoms with Crippen molar-refractivity contribution < 1.29 is 14.7 Å². The summed E-state index contributed by atoms with van der Waals surface area (Å²) in [5.41, 5.74) is -0.0369. The number of hydrogen-bond donors (Lipinski definition) is 2. The summed E-state index contributed by atoms with van der Waals surface area (Å²) < 4.78 is 1.42. The SMILES string of the molecule is O=C(CCn1ccc(C(=O)O)n1)Nc1ccccn1. The number of anilines is 1. The van der Waals surface area contributed by atoms with Crippen molar-refractivity contribution >= 4 is 17.7 Å². The van der Waals surface area contributed by atoms with Gasteiger partial charge in [0, 0.05) is 25.4 Å². The van der Waals surface area contributed by atoms with Gasteiger partial charge in [0.25, 0.3) is 0 Å². The number of rotatable bonds is 5. The van der Waals surface area contributed by atoms with Crippen LogP contribution < -0.4 is 5.32 Å². The molecule has 0 unspecified atom stereocenters. The topological polar surface area (TPSA) is 97.1 Å². The van der Waals surface area contributed by atoms with Gasteiger partial charge in [-0.1, -0.05) is 6.07 Å². The van der Waals surface area contributed by atoms with Gasteiger partial charge in [-0.05, 0) is 18.2 Å². The van der Waals surface area contributed by atoms with Gasteiger partial charge in [0.1, 0.15) is 5.82 Å². The number of aromatic nitrogens is 3. The van der Waals surface area contributed by atoms with Crippen LogP contribution >= 0.6 is 0 Å². The molecule has 0 aliphatic heterocycles. The number of nitrogens with zero attached hydrogens (tertiary/aromatic N) is 3. The molecule has 2 aromatic heterocycles. The van der Waals surface area contributed by atoms with Crippen molar-refractivity contribution in [3.8, 4) is 0 Å². The number of amides is 1. The minimum absolute atomic E-state index is 0.0369. The number of carbonyl (C=O) groups is 2. The van der Waals surface area contributed by atoms with E-state index < -0.39 is 5.97 Å². The second-order valence-corrected chi connectivity index (χ2v) is 3.78. The molecule has 0 bridgehead atoms. The summed E-state index contributed by atoms with van der Waals surface area (Å²) in [5.74, 6) is -0.804. The normalized spacial score (nSPS) is 10.1. The first-order valence-corrected chi connectivity index (χ1v) is 5.63. The van der Waals surface area contributed by atoms with Gasteiger partial charge in [-0.15, -0.1) is 0 Å². The molecule has 7 nitrogen and oxygen atoms in total. The number of hydrogen-bond acceptors (Lipinski definition) is 4. The van der Waals surface area contributed by atoms with E-state index in [1.54, 1.807) is 24.4 Å². The van der Waals surface area contributed by atoms with E-state index in [2.05, 4.69) is 15.4 Å². The Morgan fingerprint density at radius 3 is 2.79 bits per heavy atom. The van der Waals surface area contributed by atoms with Crippen molar-refractivity contribution in [1.82, 2.24) is 14.8 Å². The molecular weight excluding hydrogens is 248 g/mol. The Morgan fingerprint density at radius 2 is 2.16 bits per heavy atom. The molecule has 0 aliphatic carbocycles. The van der Waals surface area contributed by atoms with Crippen LogP contribution in [0, 0.1) is 0 Å². The molecule has 0 aromatic carbocycles. The zero-order valence-corrected chi connectivity index (χ0v) is 9.98. The van der Waals surface area contributed by atoms with E-state index in [0.29, 0.717) is 12.4 Å². The van der Waals surface area contributed by atoms with Gasteiger partial charge in [0.2, 0.25) is 5.91 Å². The monoisotopic (exact) mass is 260 g/mol. The summed E-state index contributed by atoms with van der Waals surface area (Å²) in [7, 11) is 0. The summed E-state index contributed by atoms with van der Waals surface area (Å²) in [5, 5.41) is 15.2. The Kier molecular flexibility index (Phi) is 3.87.